The smallest absolute Gasteiger partial charge is 0.224 e. The molecule has 0 aliphatic carbocycles. The van der Waals surface area contributed by atoms with Crippen molar-refractivity contribution < 1.29 is 0 Å². The number of nitrogens with two attached hydrogens (primary N) is 1. The van der Waals surface area contributed by atoms with E-state index in [-0.39, 0.29) is 5.95 Å². The highest BCUT2D eigenvalue weighted by atomic mass is 15.1. The van der Waals surface area contributed by atoms with Crippen molar-refractivity contribution in [3.63, 3.8) is 0 Å². The molecule has 23 heavy (non-hydrogen) atoms. The molecule has 0 amide bonds. The molecule has 7 nitrogen and oxygen atoms in total. The molecule has 0 aliphatic rings. The molecule has 0 atom stereocenters. The molecule has 2 aromatic heterocycles. The van der Waals surface area contributed by atoms with Crippen LogP contribution in [-0.2, 0) is 12.8 Å². The van der Waals surface area contributed by atoms with Crippen LogP contribution in [0.4, 0.5) is 11.8 Å². The highest BCUT2D eigenvalue weighted by molar-refractivity contribution is 5.83. The summed E-state index contributed by atoms with van der Waals surface area (Å²) in [6.45, 7) is 5.95. The number of anilines is 2. The molecular formula is C16H27N7. The topological polar surface area (TPSA) is 92.8 Å². The number of aromatic nitrogens is 4. The van der Waals surface area contributed by atoms with Crippen molar-refractivity contribution >= 4 is 22.9 Å². The van der Waals surface area contributed by atoms with E-state index in [1.165, 1.54) is 0 Å². The van der Waals surface area contributed by atoms with Crippen molar-refractivity contribution in [3.8, 4) is 0 Å². The van der Waals surface area contributed by atoms with Crippen molar-refractivity contribution in [2.75, 3.05) is 38.2 Å². The van der Waals surface area contributed by atoms with Gasteiger partial charge in [-0.15, -0.1) is 0 Å². The Morgan fingerprint density at radius 2 is 1.61 bits per heavy atom. The fourth-order valence-corrected chi connectivity index (χ4v) is 2.43. The van der Waals surface area contributed by atoms with Gasteiger partial charge in [-0.2, -0.15) is 9.97 Å². The van der Waals surface area contributed by atoms with Gasteiger partial charge in [0.25, 0.3) is 0 Å². The Kier molecular flexibility index (Phi) is 6.04. The van der Waals surface area contributed by atoms with E-state index in [0.717, 1.165) is 50.2 Å². The van der Waals surface area contributed by atoms with Crippen LogP contribution in [-0.4, -0.2) is 52.0 Å². The number of nitrogens with one attached hydrogen (secondary N) is 1. The van der Waals surface area contributed by atoms with E-state index in [0.29, 0.717) is 17.0 Å². The fourth-order valence-electron chi connectivity index (χ4n) is 2.43. The molecule has 3 N–H and O–H groups in total. The molecule has 0 saturated heterocycles. The molecule has 0 unspecified atom stereocenters. The van der Waals surface area contributed by atoms with E-state index in [1.807, 2.05) is 14.1 Å². The maximum atomic E-state index is 5.84. The predicted molar refractivity (Wildman–Crippen MR) is 94.6 cm³/mol. The van der Waals surface area contributed by atoms with Crippen molar-refractivity contribution in [1.29, 1.82) is 0 Å². The summed E-state index contributed by atoms with van der Waals surface area (Å²) in [5.41, 5.74) is 9.20. The maximum absolute atomic E-state index is 5.84. The highest BCUT2D eigenvalue weighted by Crippen LogP contribution is 2.21. The summed E-state index contributed by atoms with van der Waals surface area (Å²) in [4.78, 5) is 20.2. The lowest BCUT2D eigenvalue weighted by molar-refractivity contribution is 0.425. The van der Waals surface area contributed by atoms with E-state index in [2.05, 4.69) is 34.0 Å². The van der Waals surface area contributed by atoms with Crippen molar-refractivity contribution in [2.45, 2.75) is 39.5 Å². The van der Waals surface area contributed by atoms with Gasteiger partial charge in [-0.3, -0.25) is 0 Å². The number of rotatable bonds is 8. The second-order valence-electron chi connectivity index (χ2n) is 5.95. The second kappa shape index (κ2) is 8.01. The first-order chi connectivity index (χ1) is 11.0. The van der Waals surface area contributed by atoms with Crippen molar-refractivity contribution in [2.24, 2.45) is 0 Å². The minimum atomic E-state index is 0.227. The highest BCUT2D eigenvalue weighted by Gasteiger charge is 2.14. The van der Waals surface area contributed by atoms with Gasteiger partial charge in [0.05, 0.1) is 11.4 Å². The number of nitrogens with zero attached hydrogens (tertiary/aromatic N) is 5. The molecule has 2 aromatic rings. The number of likely N-dealkylation sites (N-methyl/N-ethyl adjacent to an activating group) is 1. The third-order valence-electron chi connectivity index (χ3n) is 3.53. The normalized spacial score (nSPS) is 11.3. The Bertz CT molecular complexity index is 654. The van der Waals surface area contributed by atoms with Gasteiger partial charge in [0, 0.05) is 13.1 Å². The minimum absolute atomic E-state index is 0.227. The summed E-state index contributed by atoms with van der Waals surface area (Å²) in [5.74, 6) is 0.895. The summed E-state index contributed by atoms with van der Waals surface area (Å²) in [5, 5.41) is 3.31. The van der Waals surface area contributed by atoms with E-state index in [9.17, 15) is 0 Å². The van der Waals surface area contributed by atoms with Gasteiger partial charge in [0.2, 0.25) is 5.95 Å². The van der Waals surface area contributed by atoms with E-state index in [1.54, 1.807) is 0 Å². The van der Waals surface area contributed by atoms with Gasteiger partial charge in [-0.1, -0.05) is 26.7 Å². The Hall–Kier alpha value is -2.02. The van der Waals surface area contributed by atoms with Crippen LogP contribution in [0.1, 0.15) is 38.1 Å². The van der Waals surface area contributed by atoms with Crippen LogP contribution in [0.3, 0.4) is 0 Å². The van der Waals surface area contributed by atoms with Gasteiger partial charge in [0.1, 0.15) is 0 Å². The summed E-state index contributed by atoms with van der Waals surface area (Å²) >= 11 is 0. The summed E-state index contributed by atoms with van der Waals surface area (Å²) in [6, 6.07) is 0. The molecule has 2 rings (SSSR count). The van der Waals surface area contributed by atoms with E-state index < -0.39 is 0 Å². The summed E-state index contributed by atoms with van der Waals surface area (Å²) in [7, 11) is 4.06. The number of nitrogen functional groups attached to an aromatic ring is 1. The van der Waals surface area contributed by atoms with Crippen LogP contribution in [0.2, 0.25) is 0 Å². The molecule has 7 heteroatoms. The second-order valence-corrected chi connectivity index (χ2v) is 5.95. The zero-order valence-electron chi connectivity index (χ0n) is 14.6. The molecule has 0 saturated carbocycles. The molecule has 0 radical (unpaired) electrons. The van der Waals surface area contributed by atoms with Crippen LogP contribution in [0.15, 0.2) is 0 Å². The fraction of sp³-hybridized carbons (Fsp3) is 0.625. The SMILES string of the molecule is CCCc1nc2nc(N)nc(NCCN(C)C)c2nc1CCC. The lowest BCUT2D eigenvalue weighted by Gasteiger charge is -2.13. The molecule has 2 heterocycles. The predicted octanol–water partition coefficient (Wildman–Crippen LogP) is 1.88. The molecule has 0 aliphatic heterocycles. The van der Waals surface area contributed by atoms with Gasteiger partial charge in [-0.25, -0.2) is 9.97 Å². The van der Waals surface area contributed by atoms with Gasteiger partial charge < -0.3 is 16.0 Å². The minimum Gasteiger partial charge on any atom is -0.368 e. The monoisotopic (exact) mass is 317 g/mol. The van der Waals surface area contributed by atoms with E-state index >= 15 is 0 Å². The molecule has 126 valence electrons. The third-order valence-corrected chi connectivity index (χ3v) is 3.53. The van der Waals surface area contributed by atoms with Crippen molar-refractivity contribution in [1.82, 2.24) is 24.8 Å². The average Bonchev–Trinajstić information content (AvgIpc) is 2.48. The first-order valence-electron chi connectivity index (χ1n) is 8.26. The number of fused-ring (bicyclic) bond motifs is 1. The van der Waals surface area contributed by atoms with Crippen LogP contribution in [0.5, 0.6) is 0 Å². The molecule has 0 aromatic carbocycles. The zero-order chi connectivity index (χ0) is 16.8. The summed E-state index contributed by atoms with van der Waals surface area (Å²) in [6.07, 6.45) is 3.90. The quantitative estimate of drug-likeness (QED) is 0.768. The zero-order valence-corrected chi connectivity index (χ0v) is 14.6. The Morgan fingerprint density at radius 1 is 0.957 bits per heavy atom. The Morgan fingerprint density at radius 3 is 2.22 bits per heavy atom. The average molecular weight is 317 g/mol. The van der Waals surface area contributed by atoms with Crippen molar-refractivity contribution in [3.05, 3.63) is 11.4 Å². The molecule has 0 bridgehead atoms. The number of hydrogen-bond acceptors (Lipinski definition) is 7. The lowest BCUT2D eigenvalue weighted by Crippen LogP contribution is -2.21. The Labute approximate surface area is 137 Å². The van der Waals surface area contributed by atoms with Gasteiger partial charge in [0.15, 0.2) is 17.0 Å². The lowest BCUT2D eigenvalue weighted by atomic mass is 10.1. The third kappa shape index (κ3) is 4.48. The first kappa shape index (κ1) is 17.3. The Balaban J connectivity index is 2.43. The summed E-state index contributed by atoms with van der Waals surface area (Å²) < 4.78 is 0. The standard InChI is InChI=1S/C16H27N7/c1-5-7-11-12(8-6-2)20-15-13(19-11)14(21-16(17)22-15)18-9-10-23(3)4/h5-10H2,1-4H3,(H3,17,18,20,21,22). The largest absolute Gasteiger partial charge is 0.368 e. The molecular weight excluding hydrogens is 290 g/mol. The van der Waals surface area contributed by atoms with Crippen LogP contribution in [0, 0.1) is 0 Å². The molecule has 0 spiro atoms. The van der Waals surface area contributed by atoms with Crippen LogP contribution < -0.4 is 11.1 Å². The number of aryl methyl sites for hydroxylation is 2. The van der Waals surface area contributed by atoms with Crippen LogP contribution in [0.25, 0.3) is 11.2 Å². The van der Waals surface area contributed by atoms with Crippen LogP contribution >= 0.6 is 0 Å². The number of hydrogen-bond donors (Lipinski definition) is 2. The maximum Gasteiger partial charge on any atom is 0.224 e. The molecule has 0 fully saturated rings. The first-order valence-corrected chi connectivity index (χ1v) is 8.26. The van der Waals surface area contributed by atoms with Gasteiger partial charge in [-0.05, 0) is 26.9 Å². The van der Waals surface area contributed by atoms with Gasteiger partial charge >= 0.3 is 0 Å². The van der Waals surface area contributed by atoms with E-state index in [4.69, 9.17) is 15.7 Å².